The average molecular weight is 242 g/mol. The molecule has 4 nitrogen and oxygen atoms in total. The maximum atomic E-state index is 11.6. The van der Waals surface area contributed by atoms with Crippen LogP contribution in [0.2, 0.25) is 0 Å². The van der Waals surface area contributed by atoms with Crippen molar-refractivity contribution < 1.29 is 9.53 Å². The fourth-order valence-corrected chi connectivity index (χ4v) is 2.27. The van der Waals surface area contributed by atoms with Gasteiger partial charge >= 0.3 is 6.09 Å². The van der Waals surface area contributed by atoms with Crippen molar-refractivity contribution in [3.8, 4) is 0 Å². The Hall–Kier alpha value is -0.770. The van der Waals surface area contributed by atoms with E-state index in [0.717, 1.165) is 25.3 Å². The summed E-state index contributed by atoms with van der Waals surface area (Å²) in [6, 6.07) is 0.290. The third-order valence-electron chi connectivity index (χ3n) is 3.06. The van der Waals surface area contributed by atoms with Gasteiger partial charge in [0, 0.05) is 6.04 Å². The van der Waals surface area contributed by atoms with Crippen molar-refractivity contribution in [1.29, 1.82) is 0 Å². The molecule has 1 saturated carbocycles. The first-order valence-electron chi connectivity index (χ1n) is 6.55. The lowest BCUT2D eigenvalue weighted by atomic mass is 9.86. The lowest BCUT2D eigenvalue weighted by molar-refractivity contribution is 0.0487. The van der Waals surface area contributed by atoms with Crippen LogP contribution in [0.15, 0.2) is 0 Å². The number of rotatable bonds is 3. The minimum Gasteiger partial charge on any atom is -0.444 e. The zero-order valence-electron chi connectivity index (χ0n) is 11.5. The molecule has 1 fully saturated rings. The van der Waals surface area contributed by atoms with Crippen LogP contribution in [0.25, 0.3) is 0 Å². The van der Waals surface area contributed by atoms with Gasteiger partial charge in [0.2, 0.25) is 0 Å². The van der Waals surface area contributed by atoms with Gasteiger partial charge in [-0.05, 0) is 66.0 Å². The standard InChI is InChI=1S/C13H26N2O2/c1-13(2,3)17-12(16)15-11-7-5-10(6-8-11)9-14-4/h10-11,14H,5-9H2,1-4H3,(H,15,16). The van der Waals surface area contributed by atoms with Gasteiger partial charge in [0.25, 0.3) is 0 Å². The zero-order valence-corrected chi connectivity index (χ0v) is 11.5. The van der Waals surface area contributed by atoms with Crippen LogP contribution in [-0.2, 0) is 4.74 Å². The number of nitrogens with one attached hydrogen (secondary N) is 2. The van der Waals surface area contributed by atoms with Crippen molar-refractivity contribution in [3.63, 3.8) is 0 Å². The van der Waals surface area contributed by atoms with E-state index in [1.165, 1.54) is 12.8 Å². The number of alkyl carbamates (subject to hydrolysis) is 1. The molecule has 0 bridgehead atoms. The Morgan fingerprint density at radius 2 is 1.82 bits per heavy atom. The second kappa shape index (κ2) is 6.24. The summed E-state index contributed by atoms with van der Waals surface area (Å²) in [5.74, 6) is 0.761. The van der Waals surface area contributed by atoms with E-state index >= 15 is 0 Å². The van der Waals surface area contributed by atoms with E-state index in [2.05, 4.69) is 10.6 Å². The van der Waals surface area contributed by atoms with Gasteiger partial charge < -0.3 is 15.4 Å². The second-order valence-electron chi connectivity index (χ2n) is 5.92. The summed E-state index contributed by atoms with van der Waals surface area (Å²) < 4.78 is 5.25. The molecule has 100 valence electrons. The Morgan fingerprint density at radius 3 is 2.29 bits per heavy atom. The van der Waals surface area contributed by atoms with E-state index in [0.29, 0.717) is 0 Å². The van der Waals surface area contributed by atoms with Gasteiger partial charge in [0.15, 0.2) is 0 Å². The molecule has 1 amide bonds. The molecular formula is C13H26N2O2. The van der Waals surface area contributed by atoms with E-state index < -0.39 is 5.60 Å². The van der Waals surface area contributed by atoms with Crippen LogP contribution in [0.3, 0.4) is 0 Å². The lowest BCUT2D eigenvalue weighted by Crippen LogP contribution is -2.41. The average Bonchev–Trinajstić information content (AvgIpc) is 2.18. The quantitative estimate of drug-likeness (QED) is 0.798. The molecule has 0 aromatic heterocycles. The molecule has 0 unspecified atom stereocenters. The molecule has 4 heteroatoms. The molecule has 0 saturated heterocycles. The third kappa shape index (κ3) is 5.91. The summed E-state index contributed by atoms with van der Waals surface area (Å²) in [7, 11) is 1.99. The van der Waals surface area contributed by atoms with E-state index in [-0.39, 0.29) is 12.1 Å². The maximum absolute atomic E-state index is 11.6. The Bertz CT molecular complexity index is 240. The number of amides is 1. The monoisotopic (exact) mass is 242 g/mol. The molecule has 0 atom stereocenters. The largest absolute Gasteiger partial charge is 0.444 e. The van der Waals surface area contributed by atoms with Gasteiger partial charge in [0.05, 0.1) is 0 Å². The summed E-state index contributed by atoms with van der Waals surface area (Å²) in [6.07, 6.45) is 4.20. The minimum atomic E-state index is -0.409. The Labute approximate surface area is 104 Å². The Morgan fingerprint density at radius 1 is 1.24 bits per heavy atom. The van der Waals surface area contributed by atoms with Crippen molar-refractivity contribution >= 4 is 6.09 Å². The highest BCUT2D eigenvalue weighted by Crippen LogP contribution is 2.23. The van der Waals surface area contributed by atoms with E-state index in [1.807, 2.05) is 27.8 Å². The molecule has 1 aliphatic carbocycles. The fraction of sp³-hybridized carbons (Fsp3) is 0.923. The zero-order chi connectivity index (χ0) is 12.9. The molecule has 0 spiro atoms. The summed E-state index contributed by atoms with van der Waals surface area (Å²) in [5.41, 5.74) is -0.409. The molecule has 0 heterocycles. The number of carbonyl (C=O) groups excluding carboxylic acids is 1. The van der Waals surface area contributed by atoms with Crippen molar-refractivity contribution in [2.24, 2.45) is 5.92 Å². The smallest absolute Gasteiger partial charge is 0.407 e. The first kappa shape index (κ1) is 14.3. The van der Waals surface area contributed by atoms with Crippen LogP contribution in [0.1, 0.15) is 46.5 Å². The highest BCUT2D eigenvalue weighted by Gasteiger charge is 2.24. The van der Waals surface area contributed by atoms with Crippen LogP contribution in [-0.4, -0.2) is 31.3 Å². The number of ether oxygens (including phenoxy) is 1. The van der Waals surface area contributed by atoms with Crippen LogP contribution in [0.5, 0.6) is 0 Å². The Balaban J connectivity index is 2.24. The molecule has 0 aromatic rings. The number of carbonyl (C=O) groups is 1. The molecule has 0 aromatic carbocycles. The first-order valence-corrected chi connectivity index (χ1v) is 6.55. The highest BCUT2D eigenvalue weighted by atomic mass is 16.6. The van der Waals surface area contributed by atoms with Crippen LogP contribution < -0.4 is 10.6 Å². The Kier molecular flexibility index (Phi) is 5.25. The van der Waals surface area contributed by atoms with Gasteiger partial charge in [-0.2, -0.15) is 0 Å². The van der Waals surface area contributed by atoms with E-state index in [1.54, 1.807) is 0 Å². The molecule has 0 aliphatic heterocycles. The highest BCUT2D eigenvalue weighted by molar-refractivity contribution is 5.68. The molecule has 1 aliphatic rings. The van der Waals surface area contributed by atoms with Gasteiger partial charge in [-0.1, -0.05) is 0 Å². The van der Waals surface area contributed by atoms with Gasteiger partial charge in [-0.25, -0.2) is 4.79 Å². The van der Waals surface area contributed by atoms with Crippen LogP contribution >= 0.6 is 0 Å². The summed E-state index contributed by atoms with van der Waals surface area (Å²) in [5, 5.41) is 6.17. The normalized spacial score (nSPS) is 25.4. The topological polar surface area (TPSA) is 50.4 Å². The molecule has 2 N–H and O–H groups in total. The van der Waals surface area contributed by atoms with Crippen LogP contribution in [0.4, 0.5) is 4.79 Å². The van der Waals surface area contributed by atoms with Crippen LogP contribution in [0, 0.1) is 5.92 Å². The summed E-state index contributed by atoms with van der Waals surface area (Å²) >= 11 is 0. The first-order chi connectivity index (χ1) is 7.90. The second-order valence-corrected chi connectivity index (χ2v) is 5.92. The predicted molar refractivity (Wildman–Crippen MR) is 69.0 cm³/mol. The SMILES string of the molecule is CNCC1CCC(NC(=O)OC(C)(C)C)CC1. The minimum absolute atomic E-state index is 0.283. The van der Waals surface area contributed by atoms with Gasteiger partial charge in [-0.3, -0.25) is 0 Å². The molecule has 17 heavy (non-hydrogen) atoms. The van der Waals surface area contributed by atoms with Gasteiger partial charge in [0.1, 0.15) is 5.60 Å². The fourth-order valence-electron chi connectivity index (χ4n) is 2.27. The number of hydrogen-bond donors (Lipinski definition) is 2. The lowest BCUT2D eigenvalue weighted by Gasteiger charge is -2.29. The third-order valence-corrected chi connectivity index (χ3v) is 3.06. The van der Waals surface area contributed by atoms with Crippen molar-refractivity contribution in [3.05, 3.63) is 0 Å². The summed E-state index contributed by atoms with van der Waals surface area (Å²) in [4.78, 5) is 11.6. The maximum Gasteiger partial charge on any atom is 0.407 e. The van der Waals surface area contributed by atoms with E-state index in [9.17, 15) is 4.79 Å². The van der Waals surface area contributed by atoms with Crippen molar-refractivity contribution in [2.75, 3.05) is 13.6 Å². The molecule has 1 rings (SSSR count). The van der Waals surface area contributed by atoms with Gasteiger partial charge in [-0.15, -0.1) is 0 Å². The molecular weight excluding hydrogens is 216 g/mol. The van der Waals surface area contributed by atoms with E-state index in [4.69, 9.17) is 4.74 Å². The predicted octanol–water partition coefficient (Wildman–Crippen LogP) is 2.29. The molecule has 0 radical (unpaired) electrons. The summed E-state index contributed by atoms with van der Waals surface area (Å²) in [6.45, 7) is 6.74. The number of hydrogen-bond acceptors (Lipinski definition) is 3. The van der Waals surface area contributed by atoms with Crippen molar-refractivity contribution in [2.45, 2.75) is 58.1 Å². The van der Waals surface area contributed by atoms with Crippen molar-refractivity contribution in [1.82, 2.24) is 10.6 Å².